The fraction of sp³-hybridized carbons (Fsp3) is 0.957. The molecule has 3 heteroatoms. The number of amides is 1. The Kier molecular flexibility index (Phi) is 4.02. The number of rotatable bonds is 3. The van der Waals surface area contributed by atoms with Gasteiger partial charge in [0.05, 0.1) is 12.2 Å². The number of carbonyl (C=O) groups excluding carboxylic acids is 1. The highest BCUT2D eigenvalue weighted by Crippen LogP contribution is 2.66. The van der Waals surface area contributed by atoms with Gasteiger partial charge >= 0.3 is 0 Å². The van der Waals surface area contributed by atoms with Crippen LogP contribution in [0.3, 0.4) is 0 Å². The van der Waals surface area contributed by atoms with Crippen LogP contribution >= 0.6 is 0 Å². The molecule has 0 bridgehead atoms. The lowest BCUT2D eigenvalue weighted by Gasteiger charge is -2.62. The molecule has 0 aromatic carbocycles. The molecule has 0 radical (unpaired) electrons. The average Bonchev–Trinajstić information content (AvgIpc) is 3.37. The SMILES string of the molecule is CC[C@H]1CC2NC(=O)CC[C@]2(C)[C@H]2CC[C@]3(C)[C@@H](OC4CC4)CC[C@H]3[C@H]12. The first kappa shape index (κ1) is 17.5. The average molecular weight is 360 g/mol. The van der Waals surface area contributed by atoms with Crippen molar-refractivity contribution in [1.29, 1.82) is 0 Å². The van der Waals surface area contributed by atoms with Crippen LogP contribution in [0.1, 0.15) is 85.0 Å². The summed E-state index contributed by atoms with van der Waals surface area (Å²) in [4.78, 5) is 12.1. The lowest BCUT2D eigenvalue weighted by molar-refractivity contribution is -0.153. The number of piperidine rings is 1. The molecule has 3 nitrogen and oxygen atoms in total. The first-order valence-corrected chi connectivity index (χ1v) is 11.4. The third-order valence-electron chi connectivity index (χ3n) is 9.60. The monoisotopic (exact) mass is 359 g/mol. The Bertz CT molecular complexity index is 587. The van der Waals surface area contributed by atoms with Crippen LogP contribution in [0.4, 0.5) is 0 Å². The molecule has 1 unspecified atom stereocenters. The lowest BCUT2D eigenvalue weighted by Crippen LogP contribution is -2.63. The first-order valence-electron chi connectivity index (χ1n) is 11.4. The highest BCUT2D eigenvalue weighted by molar-refractivity contribution is 5.77. The predicted molar refractivity (Wildman–Crippen MR) is 103 cm³/mol. The van der Waals surface area contributed by atoms with E-state index in [-0.39, 0.29) is 0 Å². The zero-order chi connectivity index (χ0) is 18.1. The largest absolute Gasteiger partial charge is 0.374 e. The van der Waals surface area contributed by atoms with Gasteiger partial charge in [0.2, 0.25) is 5.91 Å². The fourth-order valence-electron chi connectivity index (χ4n) is 7.89. The smallest absolute Gasteiger partial charge is 0.220 e. The molecule has 1 amide bonds. The summed E-state index contributed by atoms with van der Waals surface area (Å²) in [6, 6.07) is 0.416. The summed E-state index contributed by atoms with van der Waals surface area (Å²) in [6.07, 6.45) is 13.3. The van der Waals surface area contributed by atoms with Crippen molar-refractivity contribution in [3.8, 4) is 0 Å². The third kappa shape index (κ3) is 2.45. The summed E-state index contributed by atoms with van der Waals surface area (Å²) < 4.78 is 6.53. The zero-order valence-corrected chi connectivity index (χ0v) is 16.9. The van der Waals surface area contributed by atoms with Gasteiger partial charge in [-0.15, -0.1) is 0 Å². The molecule has 1 heterocycles. The van der Waals surface area contributed by atoms with Gasteiger partial charge in [0.15, 0.2) is 0 Å². The second kappa shape index (κ2) is 5.96. The van der Waals surface area contributed by atoms with E-state index >= 15 is 0 Å². The second-order valence-electron chi connectivity index (χ2n) is 10.8. The van der Waals surface area contributed by atoms with E-state index in [9.17, 15) is 4.79 Å². The van der Waals surface area contributed by atoms with Gasteiger partial charge in [0.25, 0.3) is 0 Å². The molecule has 1 saturated heterocycles. The van der Waals surface area contributed by atoms with Gasteiger partial charge in [0.1, 0.15) is 0 Å². The van der Waals surface area contributed by atoms with E-state index in [1.54, 1.807) is 0 Å². The standard InChI is InChI=1S/C23H37NO2/c1-4-14-13-18-22(2,12-10-20(25)24-18)17-9-11-23(3)16(21(14)17)7-8-19(23)26-15-5-6-15/h14-19,21H,4-13H2,1-3H3,(H,24,25)/t14-,16-,17-,18?,19-,21-,22+,23-/m0/s1. The Morgan fingerprint density at radius 3 is 2.54 bits per heavy atom. The summed E-state index contributed by atoms with van der Waals surface area (Å²) in [6.45, 7) is 7.46. The summed E-state index contributed by atoms with van der Waals surface area (Å²) in [5, 5.41) is 3.40. The van der Waals surface area contributed by atoms with Crippen molar-refractivity contribution in [3.05, 3.63) is 0 Å². The molecule has 1 aliphatic heterocycles. The highest BCUT2D eigenvalue weighted by Gasteiger charge is 2.63. The highest BCUT2D eigenvalue weighted by atomic mass is 16.5. The van der Waals surface area contributed by atoms with Gasteiger partial charge in [0, 0.05) is 12.5 Å². The van der Waals surface area contributed by atoms with E-state index in [1.165, 1.54) is 51.4 Å². The predicted octanol–water partition coefficient (Wildman–Crippen LogP) is 4.69. The first-order chi connectivity index (χ1) is 12.5. The normalized spacial score (nSPS) is 53.4. The van der Waals surface area contributed by atoms with Crippen LogP contribution in [-0.2, 0) is 9.53 Å². The van der Waals surface area contributed by atoms with Crippen molar-refractivity contribution in [2.75, 3.05) is 0 Å². The molecule has 0 aromatic rings. The minimum absolute atomic E-state index is 0.292. The maximum absolute atomic E-state index is 12.1. The van der Waals surface area contributed by atoms with Gasteiger partial charge < -0.3 is 10.1 Å². The Morgan fingerprint density at radius 2 is 1.81 bits per heavy atom. The van der Waals surface area contributed by atoms with Gasteiger partial charge in [-0.2, -0.15) is 0 Å². The number of ether oxygens (including phenoxy) is 1. The zero-order valence-electron chi connectivity index (χ0n) is 16.9. The number of nitrogens with one attached hydrogen (secondary N) is 1. The third-order valence-corrected chi connectivity index (χ3v) is 9.60. The minimum Gasteiger partial charge on any atom is -0.374 e. The molecule has 5 rings (SSSR count). The van der Waals surface area contributed by atoms with E-state index in [2.05, 4.69) is 26.1 Å². The second-order valence-corrected chi connectivity index (χ2v) is 10.8. The van der Waals surface area contributed by atoms with Crippen LogP contribution < -0.4 is 5.32 Å². The van der Waals surface area contributed by atoms with Crippen molar-refractivity contribution in [3.63, 3.8) is 0 Å². The van der Waals surface area contributed by atoms with Crippen molar-refractivity contribution in [2.45, 2.75) is 103 Å². The van der Waals surface area contributed by atoms with Crippen LogP contribution in [0, 0.1) is 34.5 Å². The van der Waals surface area contributed by atoms with Crippen molar-refractivity contribution < 1.29 is 9.53 Å². The maximum atomic E-state index is 12.1. The fourth-order valence-corrected chi connectivity index (χ4v) is 7.89. The Balaban J connectivity index is 1.45. The molecule has 0 spiro atoms. The number of fused-ring (bicyclic) bond motifs is 5. The molecule has 26 heavy (non-hydrogen) atoms. The molecule has 0 aromatic heterocycles. The molecule has 5 fully saturated rings. The van der Waals surface area contributed by atoms with Crippen LogP contribution in [0.2, 0.25) is 0 Å². The maximum Gasteiger partial charge on any atom is 0.220 e. The van der Waals surface area contributed by atoms with Gasteiger partial charge in [-0.05, 0) is 85.9 Å². The van der Waals surface area contributed by atoms with Crippen molar-refractivity contribution in [1.82, 2.24) is 5.32 Å². The molecule has 4 saturated carbocycles. The summed E-state index contributed by atoms with van der Waals surface area (Å²) in [5.74, 6) is 3.55. The van der Waals surface area contributed by atoms with Crippen molar-refractivity contribution in [2.24, 2.45) is 34.5 Å². The van der Waals surface area contributed by atoms with E-state index in [0.717, 1.165) is 36.5 Å². The molecule has 1 N–H and O–H groups in total. The quantitative estimate of drug-likeness (QED) is 0.794. The Labute approximate surface area is 159 Å². The van der Waals surface area contributed by atoms with Gasteiger partial charge in [-0.3, -0.25) is 4.79 Å². The van der Waals surface area contributed by atoms with Crippen LogP contribution in [0.15, 0.2) is 0 Å². The lowest BCUT2D eigenvalue weighted by atomic mass is 9.45. The van der Waals surface area contributed by atoms with E-state index < -0.39 is 0 Å². The van der Waals surface area contributed by atoms with Crippen LogP contribution in [0.5, 0.6) is 0 Å². The van der Waals surface area contributed by atoms with Crippen LogP contribution in [0.25, 0.3) is 0 Å². The topological polar surface area (TPSA) is 38.3 Å². The summed E-state index contributed by atoms with van der Waals surface area (Å²) >= 11 is 0. The molecule has 5 aliphatic rings. The molecule has 146 valence electrons. The molecular formula is C23H37NO2. The Hall–Kier alpha value is -0.570. The summed E-state index contributed by atoms with van der Waals surface area (Å²) in [5.41, 5.74) is 0.722. The van der Waals surface area contributed by atoms with E-state index in [4.69, 9.17) is 4.74 Å². The number of hydrogen-bond acceptors (Lipinski definition) is 2. The number of hydrogen-bond donors (Lipinski definition) is 1. The van der Waals surface area contributed by atoms with E-state index in [0.29, 0.717) is 35.0 Å². The number of carbonyl (C=O) groups is 1. The minimum atomic E-state index is 0.292. The van der Waals surface area contributed by atoms with E-state index in [1.807, 2.05) is 0 Å². The molecule has 4 aliphatic carbocycles. The van der Waals surface area contributed by atoms with Crippen molar-refractivity contribution >= 4 is 5.91 Å². The van der Waals surface area contributed by atoms with Gasteiger partial charge in [-0.25, -0.2) is 0 Å². The molecular weight excluding hydrogens is 322 g/mol. The molecule has 8 atom stereocenters. The van der Waals surface area contributed by atoms with Crippen LogP contribution in [-0.4, -0.2) is 24.2 Å². The van der Waals surface area contributed by atoms with Gasteiger partial charge in [-0.1, -0.05) is 27.2 Å². The Morgan fingerprint density at radius 1 is 1.04 bits per heavy atom. The summed E-state index contributed by atoms with van der Waals surface area (Å²) in [7, 11) is 0.